The largest absolute Gasteiger partial charge is 0.399 e. The van der Waals surface area contributed by atoms with E-state index in [0.29, 0.717) is 4.47 Å². The van der Waals surface area contributed by atoms with Crippen LogP contribution in [0, 0.1) is 0 Å². The van der Waals surface area contributed by atoms with E-state index in [2.05, 4.69) is 21.2 Å². The number of nitrogens with two attached hydrogens (primary N) is 1. The summed E-state index contributed by atoms with van der Waals surface area (Å²) >= 11 is 3.15. The molecule has 0 unspecified atom stereocenters. The van der Waals surface area contributed by atoms with E-state index < -0.39 is 33.9 Å². The van der Waals surface area contributed by atoms with Crippen LogP contribution in [0.4, 0.5) is 5.69 Å². The van der Waals surface area contributed by atoms with Gasteiger partial charge in [0, 0.05) is 10.2 Å². The predicted molar refractivity (Wildman–Crippen MR) is 79.7 cm³/mol. The minimum Gasteiger partial charge on any atom is -0.399 e. The van der Waals surface area contributed by atoms with Crippen LogP contribution >= 0.6 is 15.9 Å². The summed E-state index contributed by atoms with van der Waals surface area (Å²) in [5, 5.41) is 2.13. The summed E-state index contributed by atoms with van der Waals surface area (Å²) in [4.78, 5) is 23.3. The number of nitrogens with one attached hydrogen (secondary N) is 1. The normalized spacial score (nSPS) is 19.4. The van der Waals surface area contributed by atoms with Gasteiger partial charge in [-0.15, -0.1) is 0 Å². The van der Waals surface area contributed by atoms with E-state index in [0.717, 1.165) is 4.31 Å². The van der Waals surface area contributed by atoms with Crippen molar-refractivity contribution in [2.75, 3.05) is 12.3 Å². The van der Waals surface area contributed by atoms with E-state index in [1.165, 1.54) is 26.0 Å². The summed E-state index contributed by atoms with van der Waals surface area (Å²) in [6.45, 7) is 2.45. The third-order valence-corrected chi connectivity index (χ3v) is 6.26. The first kappa shape index (κ1) is 15.9. The predicted octanol–water partition coefficient (Wildman–Crippen LogP) is 0.457. The number of hydrogen-bond acceptors (Lipinski definition) is 5. The highest BCUT2D eigenvalue weighted by atomic mass is 79.9. The molecule has 1 aliphatic rings. The lowest BCUT2D eigenvalue weighted by atomic mass is 10.0. The molecular weight excluding hydrogens is 362 g/mol. The van der Waals surface area contributed by atoms with Gasteiger partial charge in [-0.3, -0.25) is 14.9 Å². The molecular formula is C12H14BrN3O4S. The maximum absolute atomic E-state index is 12.8. The van der Waals surface area contributed by atoms with Crippen LogP contribution < -0.4 is 11.1 Å². The molecule has 0 aliphatic carbocycles. The van der Waals surface area contributed by atoms with Crippen molar-refractivity contribution in [2.45, 2.75) is 24.3 Å². The quantitative estimate of drug-likeness (QED) is 0.576. The highest BCUT2D eigenvalue weighted by Gasteiger charge is 2.48. The Bertz CT molecular complexity index is 730. The number of nitrogens with zero attached hydrogens (tertiary/aromatic N) is 1. The standard InChI is InChI=1S/C12H14BrN3O4S/c1-12(2)11(18)15-10(17)6-16(12)21(19,20)9-5-7(14)3-4-8(9)13/h3-5H,6,14H2,1-2H3,(H,15,17,18). The summed E-state index contributed by atoms with van der Waals surface area (Å²) < 4.78 is 26.7. The summed E-state index contributed by atoms with van der Waals surface area (Å²) in [6.07, 6.45) is 0. The number of sulfonamides is 1. The number of amides is 2. The fourth-order valence-corrected chi connectivity index (χ4v) is 4.65. The summed E-state index contributed by atoms with van der Waals surface area (Å²) in [5.41, 5.74) is 4.51. The molecule has 0 spiro atoms. The minimum absolute atomic E-state index is 0.0851. The lowest BCUT2D eigenvalue weighted by Crippen LogP contribution is -2.65. The average Bonchev–Trinajstić information content (AvgIpc) is 2.36. The van der Waals surface area contributed by atoms with Crippen molar-refractivity contribution in [2.24, 2.45) is 0 Å². The Kier molecular flexibility index (Phi) is 3.85. The molecule has 1 saturated heterocycles. The van der Waals surface area contributed by atoms with Crippen molar-refractivity contribution in [1.29, 1.82) is 0 Å². The van der Waals surface area contributed by atoms with Crippen LogP contribution in [0.1, 0.15) is 13.8 Å². The molecule has 7 nitrogen and oxygen atoms in total. The second-order valence-corrected chi connectivity index (χ2v) is 7.82. The number of benzene rings is 1. The lowest BCUT2D eigenvalue weighted by Gasteiger charge is -2.38. The Morgan fingerprint density at radius 2 is 1.95 bits per heavy atom. The van der Waals surface area contributed by atoms with Gasteiger partial charge < -0.3 is 5.73 Å². The SMILES string of the molecule is CC1(C)C(=O)NC(=O)CN1S(=O)(=O)c1cc(N)ccc1Br. The van der Waals surface area contributed by atoms with Crippen molar-refractivity contribution < 1.29 is 18.0 Å². The van der Waals surface area contributed by atoms with Gasteiger partial charge in [0.15, 0.2) is 0 Å². The van der Waals surface area contributed by atoms with Gasteiger partial charge in [-0.05, 0) is 48.0 Å². The molecule has 0 aromatic heterocycles. The fraction of sp³-hybridized carbons (Fsp3) is 0.333. The summed E-state index contributed by atoms with van der Waals surface area (Å²) in [7, 11) is -4.06. The minimum atomic E-state index is -4.06. The van der Waals surface area contributed by atoms with Crippen LogP contribution in [-0.4, -0.2) is 36.6 Å². The molecule has 1 aromatic carbocycles. The molecule has 1 heterocycles. The van der Waals surface area contributed by atoms with Crippen molar-refractivity contribution >= 4 is 43.5 Å². The topological polar surface area (TPSA) is 110 Å². The van der Waals surface area contributed by atoms with Crippen molar-refractivity contribution in [3.63, 3.8) is 0 Å². The Morgan fingerprint density at radius 1 is 1.33 bits per heavy atom. The maximum Gasteiger partial charge on any atom is 0.247 e. The molecule has 0 bridgehead atoms. The first-order valence-corrected chi connectivity index (χ1v) is 8.22. The zero-order chi connectivity index (χ0) is 16.0. The third-order valence-electron chi connectivity index (χ3n) is 3.24. The van der Waals surface area contributed by atoms with Gasteiger partial charge in [-0.1, -0.05) is 0 Å². The Morgan fingerprint density at radius 3 is 2.57 bits per heavy atom. The van der Waals surface area contributed by atoms with E-state index in [1.54, 1.807) is 6.07 Å². The molecule has 0 atom stereocenters. The highest BCUT2D eigenvalue weighted by Crippen LogP contribution is 2.32. The molecule has 1 aliphatic heterocycles. The Hall–Kier alpha value is -1.45. The Labute approximate surface area is 130 Å². The van der Waals surface area contributed by atoms with Crippen LogP contribution in [0.15, 0.2) is 27.6 Å². The number of carbonyl (C=O) groups is 2. The molecule has 9 heteroatoms. The summed E-state index contributed by atoms with van der Waals surface area (Å²) in [6, 6.07) is 4.33. The van der Waals surface area contributed by atoms with Gasteiger partial charge >= 0.3 is 0 Å². The van der Waals surface area contributed by atoms with E-state index in [1.807, 2.05) is 0 Å². The number of rotatable bonds is 2. The van der Waals surface area contributed by atoms with E-state index in [9.17, 15) is 18.0 Å². The average molecular weight is 376 g/mol. The molecule has 21 heavy (non-hydrogen) atoms. The number of imide groups is 1. The van der Waals surface area contributed by atoms with Crippen LogP contribution in [0.25, 0.3) is 0 Å². The first-order chi connectivity index (χ1) is 9.56. The lowest BCUT2D eigenvalue weighted by molar-refractivity contribution is -0.141. The van der Waals surface area contributed by atoms with Crippen LogP contribution in [0.2, 0.25) is 0 Å². The Balaban J connectivity index is 2.59. The molecule has 3 N–H and O–H groups in total. The summed E-state index contributed by atoms with van der Waals surface area (Å²) in [5.74, 6) is -1.33. The van der Waals surface area contributed by atoms with Gasteiger partial charge in [-0.2, -0.15) is 4.31 Å². The van der Waals surface area contributed by atoms with Crippen LogP contribution in [0.3, 0.4) is 0 Å². The smallest absolute Gasteiger partial charge is 0.247 e. The van der Waals surface area contributed by atoms with Crippen LogP contribution in [-0.2, 0) is 19.6 Å². The first-order valence-electron chi connectivity index (χ1n) is 5.99. The van der Waals surface area contributed by atoms with E-state index in [4.69, 9.17) is 5.73 Å². The zero-order valence-corrected chi connectivity index (χ0v) is 13.8. The van der Waals surface area contributed by atoms with Gasteiger partial charge in [0.05, 0.1) is 11.4 Å². The molecule has 1 fully saturated rings. The second kappa shape index (κ2) is 5.08. The van der Waals surface area contributed by atoms with Crippen LogP contribution in [0.5, 0.6) is 0 Å². The van der Waals surface area contributed by atoms with Gasteiger partial charge in [0.2, 0.25) is 21.8 Å². The number of halogens is 1. The molecule has 0 radical (unpaired) electrons. The molecule has 2 rings (SSSR count). The van der Waals surface area contributed by atoms with Crippen molar-refractivity contribution in [1.82, 2.24) is 9.62 Å². The zero-order valence-electron chi connectivity index (χ0n) is 11.4. The molecule has 2 amide bonds. The van der Waals surface area contributed by atoms with Crippen molar-refractivity contribution in [3.8, 4) is 0 Å². The third kappa shape index (κ3) is 2.68. The number of hydrogen-bond donors (Lipinski definition) is 2. The number of piperazine rings is 1. The van der Waals surface area contributed by atoms with Gasteiger partial charge in [0.25, 0.3) is 0 Å². The molecule has 114 valence electrons. The van der Waals surface area contributed by atoms with E-state index in [-0.39, 0.29) is 10.6 Å². The number of anilines is 1. The monoisotopic (exact) mass is 375 g/mol. The molecule has 0 saturated carbocycles. The second-order valence-electron chi connectivity index (χ2n) is 5.14. The highest BCUT2D eigenvalue weighted by molar-refractivity contribution is 9.10. The van der Waals surface area contributed by atoms with Gasteiger partial charge in [0.1, 0.15) is 5.54 Å². The molecule has 1 aromatic rings. The van der Waals surface area contributed by atoms with Crippen molar-refractivity contribution in [3.05, 3.63) is 22.7 Å². The fourth-order valence-electron chi connectivity index (χ4n) is 1.98. The number of carbonyl (C=O) groups excluding carboxylic acids is 2. The van der Waals surface area contributed by atoms with Gasteiger partial charge in [-0.25, -0.2) is 8.42 Å². The maximum atomic E-state index is 12.8. The number of nitrogen functional groups attached to an aromatic ring is 1. The van der Waals surface area contributed by atoms with E-state index >= 15 is 0 Å².